The molecule has 1 aliphatic rings. The zero-order chi connectivity index (χ0) is 12.6. The van der Waals surface area contributed by atoms with Gasteiger partial charge in [0.1, 0.15) is 0 Å². The Kier molecular flexibility index (Phi) is 5.43. The second-order valence-electron chi connectivity index (χ2n) is 4.85. The van der Waals surface area contributed by atoms with Crippen LogP contribution in [0.2, 0.25) is 0 Å². The first-order valence-corrected chi connectivity index (χ1v) is 6.87. The van der Waals surface area contributed by atoms with Crippen LogP contribution in [0.4, 0.5) is 0 Å². The van der Waals surface area contributed by atoms with Crippen molar-refractivity contribution >= 4 is 0 Å². The van der Waals surface area contributed by atoms with Gasteiger partial charge >= 0.3 is 0 Å². The van der Waals surface area contributed by atoms with Gasteiger partial charge in [0.15, 0.2) is 0 Å². The Morgan fingerprint density at radius 2 is 1.94 bits per heavy atom. The topological polar surface area (TPSA) is 12.5 Å². The Labute approximate surface area is 110 Å². The van der Waals surface area contributed by atoms with E-state index in [4.69, 9.17) is 4.74 Å². The first-order chi connectivity index (χ1) is 8.90. The van der Waals surface area contributed by atoms with Crippen LogP contribution in [0.1, 0.15) is 18.4 Å². The summed E-state index contributed by atoms with van der Waals surface area (Å²) in [4.78, 5) is 2.55. The molecule has 1 aliphatic heterocycles. The van der Waals surface area contributed by atoms with Crippen molar-refractivity contribution in [3.05, 3.63) is 48.6 Å². The predicted molar refractivity (Wildman–Crippen MR) is 75.8 cm³/mol. The van der Waals surface area contributed by atoms with Gasteiger partial charge in [-0.25, -0.2) is 0 Å². The molecule has 18 heavy (non-hydrogen) atoms. The molecule has 0 spiro atoms. The molecule has 0 aliphatic carbocycles. The van der Waals surface area contributed by atoms with Crippen LogP contribution in [-0.4, -0.2) is 37.2 Å². The van der Waals surface area contributed by atoms with Crippen LogP contribution in [0.5, 0.6) is 0 Å². The van der Waals surface area contributed by atoms with Gasteiger partial charge in [-0.1, -0.05) is 36.4 Å². The van der Waals surface area contributed by atoms with E-state index < -0.39 is 0 Å². The van der Waals surface area contributed by atoms with E-state index in [0.29, 0.717) is 6.04 Å². The lowest BCUT2D eigenvalue weighted by atomic mass is 10.0. The van der Waals surface area contributed by atoms with E-state index in [1.54, 1.807) is 0 Å². The predicted octanol–water partition coefficient (Wildman–Crippen LogP) is 2.90. The van der Waals surface area contributed by atoms with Crippen molar-refractivity contribution < 1.29 is 4.74 Å². The maximum Gasteiger partial charge on any atom is 0.0594 e. The molecule has 0 bridgehead atoms. The van der Waals surface area contributed by atoms with Crippen LogP contribution < -0.4 is 0 Å². The smallest absolute Gasteiger partial charge is 0.0594 e. The van der Waals surface area contributed by atoms with Crippen molar-refractivity contribution in [3.63, 3.8) is 0 Å². The highest BCUT2D eigenvalue weighted by Gasteiger charge is 2.19. The number of ether oxygens (including phenoxy) is 1. The fourth-order valence-electron chi connectivity index (χ4n) is 2.56. The minimum Gasteiger partial charge on any atom is -0.379 e. The number of aryl methyl sites for hydroxylation is 1. The Hall–Kier alpha value is -1.12. The van der Waals surface area contributed by atoms with Crippen LogP contribution in [0.25, 0.3) is 0 Å². The third-order valence-corrected chi connectivity index (χ3v) is 3.61. The molecule has 2 rings (SSSR count). The highest BCUT2D eigenvalue weighted by atomic mass is 16.5. The SMILES string of the molecule is C=CCC(CCc1ccccc1)N1CCOCC1. The van der Waals surface area contributed by atoms with Crippen LogP contribution in [0, 0.1) is 0 Å². The largest absolute Gasteiger partial charge is 0.379 e. The summed E-state index contributed by atoms with van der Waals surface area (Å²) in [6.07, 6.45) is 5.48. The minimum atomic E-state index is 0.617. The van der Waals surface area contributed by atoms with Gasteiger partial charge in [-0.2, -0.15) is 0 Å². The highest BCUT2D eigenvalue weighted by molar-refractivity contribution is 5.14. The standard InChI is InChI=1S/C16H23NO/c1-2-6-16(17-11-13-18-14-12-17)10-9-15-7-4-3-5-8-15/h2-5,7-8,16H,1,6,9-14H2. The molecule has 1 aromatic carbocycles. The van der Waals surface area contributed by atoms with Gasteiger partial charge in [0, 0.05) is 19.1 Å². The second-order valence-corrected chi connectivity index (χ2v) is 4.85. The average molecular weight is 245 g/mol. The fourth-order valence-corrected chi connectivity index (χ4v) is 2.56. The number of hydrogen-bond donors (Lipinski definition) is 0. The molecule has 1 unspecified atom stereocenters. The molecule has 1 atom stereocenters. The second kappa shape index (κ2) is 7.34. The van der Waals surface area contributed by atoms with Crippen molar-refractivity contribution in [3.8, 4) is 0 Å². The molecule has 2 heteroatoms. The lowest BCUT2D eigenvalue weighted by Gasteiger charge is -2.34. The lowest BCUT2D eigenvalue weighted by molar-refractivity contribution is 0.0154. The molecule has 0 saturated carbocycles. The summed E-state index contributed by atoms with van der Waals surface area (Å²) in [6, 6.07) is 11.4. The van der Waals surface area contributed by atoms with Crippen LogP contribution in [0.15, 0.2) is 43.0 Å². The average Bonchev–Trinajstić information content (AvgIpc) is 2.45. The van der Waals surface area contributed by atoms with Gasteiger partial charge < -0.3 is 4.74 Å². The normalized spacial score (nSPS) is 18.4. The van der Waals surface area contributed by atoms with E-state index in [-0.39, 0.29) is 0 Å². The molecule has 1 fully saturated rings. The Bertz CT molecular complexity index is 343. The molecular weight excluding hydrogens is 222 g/mol. The van der Waals surface area contributed by atoms with Crippen molar-refractivity contribution in [2.24, 2.45) is 0 Å². The van der Waals surface area contributed by atoms with Gasteiger partial charge in [-0.15, -0.1) is 6.58 Å². The van der Waals surface area contributed by atoms with Crippen molar-refractivity contribution in [2.45, 2.75) is 25.3 Å². The zero-order valence-electron chi connectivity index (χ0n) is 11.1. The van der Waals surface area contributed by atoms with Gasteiger partial charge in [-0.3, -0.25) is 4.90 Å². The number of nitrogens with zero attached hydrogens (tertiary/aromatic N) is 1. The zero-order valence-corrected chi connectivity index (χ0v) is 11.1. The van der Waals surface area contributed by atoms with Gasteiger partial charge in [-0.05, 0) is 24.8 Å². The maximum atomic E-state index is 5.42. The summed E-state index contributed by atoms with van der Waals surface area (Å²) < 4.78 is 5.42. The number of rotatable bonds is 6. The number of benzene rings is 1. The van der Waals surface area contributed by atoms with Crippen LogP contribution in [0.3, 0.4) is 0 Å². The molecular formula is C16H23NO. The molecule has 1 aromatic rings. The molecule has 0 aromatic heterocycles. The highest BCUT2D eigenvalue weighted by Crippen LogP contribution is 2.15. The number of morpholine rings is 1. The van der Waals surface area contributed by atoms with E-state index in [1.165, 1.54) is 12.0 Å². The summed E-state index contributed by atoms with van der Waals surface area (Å²) >= 11 is 0. The van der Waals surface area contributed by atoms with Gasteiger partial charge in [0.2, 0.25) is 0 Å². The Morgan fingerprint density at radius 3 is 2.61 bits per heavy atom. The summed E-state index contributed by atoms with van der Waals surface area (Å²) in [6.45, 7) is 7.77. The van der Waals surface area contributed by atoms with E-state index >= 15 is 0 Å². The Balaban J connectivity index is 1.87. The van der Waals surface area contributed by atoms with Gasteiger partial charge in [0.25, 0.3) is 0 Å². The molecule has 98 valence electrons. The first-order valence-electron chi connectivity index (χ1n) is 6.87. The van der Waals surface area contributed by atoms with E-state index in [0.717, 1.165) is 39.1 Å². The third kappa shape index (κ3) is 3.97. The third-order valence-electron chi connectivity index (χ3n) is 3.61. The molecule has 0 N–H and O–H groups in total. The summed E-state index contributed by atoms with van der Waals surface area (Å²) in [7, 11) is 0. The maximum absolute atomic E-state index is 5.42. The molecule has 1 saturated heterocycles. The monoisotopic (exact) mass is 245 g/mol. The molecule has 0 amide bonds. The van der Waals surface area contributed by atoms with Crippen molar-refractivity contribution in [2.75, 3.05) is 26.3 Å². The summed E-state index contributed by atoms with van der Waals surface area (Å²) in [5.41, 5.74) is 1.43. The van der Waals surface area contributed by atoms with Crippen LogP contribution >= 0.6 is 0 Å². The van der Waals surface area contributed by atoms with E-state index in [2.05, 4.69) is 41.8 Å². The number of hydrogen-bond acceptors (Lipinski definition) is 2. The fraction of sp³-hybridized carbons (Fsp3) is 0.500. The van der Waals surface area contributed by atoms with E-state index in [1.807, 2.05) is 6.08 Å². The molecule has 2 nitrogen and oxygen atoms in total. The van der Waals surface area contributed by atoms with Crippen LogP contribution in [-0.2, 0) is 11.2 Å². The molecule has 0 radical (unpaired) electrons. The summed E-state index contributed by atoms with van der Waals surface area (Å²) in [5.74, 6) is 0. The molecule has 1 heterocycles. The Morgan fingerprint density at radius 1 is 1.22 bits per heavy atom. The quantitative estimate of drug-likeness (QED) is 0.715. The van der Waals surface area contributed by atoms with Crippen molar-refractivity contribution in [1.82, 2.24) is 4.90 Å². The van der Waals surface area contributed by atoms with Crippen molar-refractivity contribution in [1.29, 1.82) is 0 Å². The minimum absolute atomic E-state index is 0.617. The summed E-state index contributed by atoms with van der Waals surface area (Å²) in [5, 5.41) is 0. The van der Waals surface area contributed by atoms with Gasteiger partial charge in [0.05, 0.1) is 13.2 Å². The lowest BCUT2D eigenvalue weighted by Crippen LogP contribution is -2.43. The first kappa shape index (κ1) is 13.3. The van der Waals surface area contributed by atoms with E-state index in [9.17, 15) is 0 Å².